The lowest BCUT2D eigenvalue weighted by Gasteiger charge is -2.63. The Hall–Kier alpha value is 0.970. The van der Waals surface area contributed by atoms with Gasteiger partial charge in [-0.3, -0.25) is 0 Å². The molecule has 0 aliphatic carbocycles. The van der Waals surface area contributed by atoms with Crippen LogP contribution in [0.1, 0.15) is 57.8 Å². The van der Waals surface area contributed by atoms with Gasteiger partial charge in [0, 0.05) is 35.4 Å². The van der Waals surface area contributed by atoms with E-state index in [1.165, 1.54) is 75.0 Å². The summed E-state index contributed by atoms with van der Waals surface area (Å²) in [4.78, 5) is 0. The molecule has 25 heavy (non-hydrogen) atoms. The molecule has 0 N–H and O–H groups in total. The largest absolute Gasteiger partial charge is 0.381 e. The van der Waals surface area contributed by atoms with Gasteiger partial charge in [-0.25, -0.2) is 10.0 Å². The topological polar surface area (TPSA) is 18.5 Å². The highest BCUT2D eigenvalue weighted by Gasteiger charge is 2.51. The Morgan fingerprint density at radius 2 is 1.56 bits per heavy atom. The van der Waals surface area contributed by atoms with Crippen molar-refractivity contribution in [2.75, 3.05) is 43.7 Å². The van der Waals surface area contributed by atoms with Crippen LogP contribution in [0, 0.1) is 0 Å². The fraction of sp³-hybridized carbons (Fsp3) is 1.00. The third-order valence-corrected chi connectivity index (χ3v) is 16.6. The molecular weight excluding hydrogens is 368 g/mol. The van der Waals surface area contributed by atoms with Crippen molar-refractivity contribution in [2.24, 2.45) is 0 Å². The second kappa shape index (κ2) is 9.45. The second-order valence-corrected chi connectivity index (χ2v) is 15.1. The summed E-state index contributed by atoms with van der Waals surface area (Å²) in [6.07, 6.45) is 12.8. The second-order valence-electron chi connectivity index (χ2n) is 8.10. The summed E-state index contributed by atoms with van der Waals surface area (Å²) in [7, 11) is -0.666. The highest BCUT2D eigenvalue weighted by Crippen LogP contribution is 2.73. The van der Waals surface area contributed by atoms with Gasteiger partial charge in [0.05, 0.1) is 6.61 Å². The van der Waals surface area contributed by atoms with Crippen molar-refractivity contribution < 1.29 is 9.47 Å². The van der Waals surface area contributed by atoms with E-state index in [9.17, 15) is 0 Å². The van der Waals surface area contributed by atoms with E-state index >= 15 is 0 Å². The fourth-order valence-electron chi connectivity index (χ4n) is 5.64. The van der Waals surface area contributed by atoms with Crippen molar-refractivity contribution in [3.05, 3.63) is 0 Å². The first-order valence-corrected chi connectivity index (χ1v) is 14.6. The zero-order valence-corrected chi connectivity index (χ0v) is 18.1. The maximum absolute atomic E-state index is 6.13. The van der Waals surface area contributed by atoms with Gasteiger partial charge in [0.1, 0.15) is 0 Å². The molecule has 0 amide bonds. The van der Waals surface area contributed by atoms with E-state index in [-0.39, 0.29) is 0 Å². The van der Waals surface area contributed by atoms with Gasteiger partial charge >= 0.3 is 0 Å². The summed E-state index contributed by atoms with van der Waals surface area (Å²) in [5.41, 5.74) is 0. The van der Waals surface area contributed by atoms with E-state index in [4.69, 9.17) is 9.47 Å². The Kier molecular flexibility index (Phi) is 7.29. The molecule has 4 unspecified atom stereocenters. The first-order valence-electron chi connectivity index (χ1n) is 10.6. The summed E-state index contributed by atoms with van der Waals surface area (Å²) >= 11 is 4.64. The fourth-order valence-corrected chi connectivity index (χ4v) is 17.4. The Balaban J connectivity index is 1.70. The number of ether oxygens (including phenoxy) is 2. The lowest BCUT2D eigenvalue weighted by Crippen LogP contribution is -2.49. The summed E-state index contributed by atoms with van der Waals surface area (Å²) in [5.74, 6) is 4.26. The van der Waals surface area contributed by atoms with Crippen LogP contribution in [0.5, 0.6) is 0 Å². The van der Waals surface area contributed by atoms with E-state index in [0.717, 1.165) is 46.8 Å². The monoisotopic (exact) mass is 404 g/mol. The Morgan fingerprint density at radius 3 is 2.24 bits per heavy atom. The predicted octanol–water partition coefficient (Wildman–Crippen LogP) is 5.29. The van der Waals surface area contributed by atoms with Crippen molar-refractivity contribution in [1.29, 1.82) is 0 Å². The van der Waals surface area contributed by atoms with Crippen LogP contribution in [-0.2, 0) is 9.47 Å². The molecule has 4 heterocycles. The number of thioether (sulfide) groups is 2. The maximum atomic E-state index is 6.13. The molecule has 4 saturated heterocycles. The van der Waals surface area contributed by atoms with E-state index in [1.807, 2.05) is 0 Å². The average molecular weight is 405 g/mol. The molecule has 0 aromatic carbocycles. The summed E-state index contributed by atoms with van der Waals surface area (Å²) in [6.45, 7) is 4.12. The summed E-state index contributed by atoms with van der Waals surface area (Å²) < 4.78 is 12.9. The van der Waals surface area contributed by atoms with E-state index in [0.29, 0.717) is 0 Å². The third kappa shape index (κ3) is 4.06. The van der Waals surface area contributed by atoms with Crippen LogP contribution in [0.4, 0.5) is 0 Å². The quantitative estimate of drug-likeness (QED) is 0.633. The van der Waals surface area contributed by atoms with Crippen molar-refractivity contribution in [3.8, 4) is 0 Å². The van der Waals surface area contributed by atoms with Gasteiger partial charge in [0.25, 0.3) is 0 Å². The Labute approximate surface area is 164 Å². The van der Waals surface area contributed by atoms with Crippen LogP contribution in [0.2, 0.25) is 0 Å². The lowest BCUT2D eigenvalue weighted by molar-refractivity contribution is 0.0927. The van der Waals surface area contributed by atoms with Crippen LogP contribution in [0.15, 0.2) is 0 Å². The van der Waals surface area contributed by atoms with Gasteiger partial charge < -0.3 is 9.47 Å². The van der Waals surface area contributed by atoms with Crippen molar-refractivity contribution in [2.45, 2.75) is 78.1 Å². The molecule has 4 fully saturated rings. The number of hydrogen-bond donors (Lipinski definition) is 0. The van der Waals surface area contributed by atoms with Crippen molar-refractivity contribution >= 4 is 33.6 Å². The van der Waals surface area contributed by atoms with Gasteiger partial charge in [-0.05, 0) is 73.4 Å². The molecule has 5 heteroatoms. The molecule has 4 atom stereocenters. The highest BCUT2D eigenvalue weighted by molar-refractivity contribution is 8.41. The third-order valence-electron chi connectivity index (χ3n) is 6.73. The van der Waals surface area contributed by atoms with E-state index < -0.39 is 10.0 Å². The van der Waals surface area contributed by atoms with Gasteiger partial charge in [-0.15, -0.1) is 11.8 Å². The SMILES string of the molecule is C1CCC(S(C2CCOCC2)(C2CCCOC2)C2CCCSC2)SC1. The van der Waals surface area contributed by atoms with Gasteiger partial charge in [0.2, 0.25) is 0 Å². The minimum absolute atomic E-state index is 0.666. The van der Waals surface area contributed by atoms with Crippen LogP contribution in [0.25, 0.3) is 0 Å². The van der Waals surface area contributed by atoms with Crippen LogP contribution in [0.3, 0.4) is 0 Å². The molecule has 0 saturated carbocycles. The summed E-state index contributed by atoms with van der Waals surface area (Å²) in [6, 6.07) is 0. The minimum Gasteiger partial charge on any atom is -0.381 e. The molecule has 0 bridgehead atoms. The first-order chi connectivity index (χ1) is 12.4. The maximum Gasteiger partial charge on any atom is 0.0571 e. The van der Waals surface area contributed by atoms with Crippen LogP contribution in [-0.4, -0.2) is 64.0 Å². The van der Waals surface area contributed by atoms with Crippen molar-refractivity contribution in [3.63, 3.8) is 0 Å². The number of hydrogen-bond acceptors (Lipinski definition) is 4. The molecule has 2 nitrogen and oxygen atoms in total. The molecule has 0 spiro atoms. The molecular formula is C20H36O2S3. The zero-order valence-electron chi connectivity index (χ0n) is 15.7. The van der Waals surface area contributed by atoms with Crippen LogP contribution < -0.4 is 0 Å². The predicted molar refractivity (Wildman–Crippen MR) is 116 cm³/mol. The van der Waals surface area contributed by atoms with Crippen LogP contribution >= 0.6 is 33.6 Å². The molecule has 4 aliphatic rings. The van der Waals surface area contributed by atoms with E-state index in [1.54, 1.807) is 0 Å². The van der Waals surface area contributed by atoms with Crippen molar-refractivity contribution in [1.82, 2.24) is 0 Å². The van der Waals surface area contributed by atoms with Gasteiger partial charge in [0.15, 0.2) is 0 Å². The standard InChI is InChI=1S/C20H36O2S3/c1-2-14-24-20(7-1)25(17-8-11-21-12-9-17,18-5-3-10-22-15-18)19-6-4-13-23-16-19/h17-20H,1-16H2. The molecule has 0 aromatic heterocycles. The zero-order chi connectivity index (χ0) is 17.0. The molecule has 0 aromatic rings. The minimum atomic E-state index is -0.666. The first kappa shape index (κ1) is 19.3. The Morgan fingerprint density at radius 1 is 0.680 bits per heavy atom. The van der Waals surface area contributed by atoms with E-state index in [2.05, 4.69) is 23.5 Å². The molecule has 4 rings (SSSR count). The van der Waals surface area contributed by atoms with Gasteiger partial charge in [-0.2, -0.15) is 11.8 Å². The Bertz CT molecular complexity index is 318. The molecule has 4 aliphatic heterocycles. The average Bonchev–Trinajstić information content (AvgIpc) is 2.72. The molecule has 0 radical (unpaired) electrons. The smallest absolute Gasteiger partial charge is 0.0571 e. The summed E-state index contributed by atoms with van der Waals surface area (Å²) in [5, 5.41) is 2.83. The van der Waals surface area contributed by atoms with Gasteiger partial charge in [-0.1, -0.05) is 6.42 Å². The molecule has 146 valence electrons. The highest BCUT2D eigenvalue weighted by atomic mass is 32.3. The number of rotatable bonds is 4. The lowest BCUT2D eigenvalue weighted by atomic mass is 10.2. The normalized spacial score (nSPS) is 39.4.